The molecule has 1 unspecified atom stereocenters. The van der Waals surface area contributed by atoms with Gasteiger partial charge < -0.3 is 15.8 Å². The van der Waals surface area contributed by atoms with Gasteiger partial charge in [0.15, 0.2) is 0 Å². The normalized spacial score (nSPS) is 12.6. The highest BCUT2D eigenvalue weighted by Gasteiger charge is 2.07. The molecule has 18 heavy (non-hydrogen) atoms. The maximum absolute atomic E-state index is 5.80. The van der Waals surface area contributed by atoms with E-state index in [4.69, 9.17) is 10.5 Å². The van der Waals surface area contributed by atoms with Crippen molar-refractivity contribution >= 4 is 22.4 Å². The van der Waals surface area contributed by atoms with E-state index in [0.717, 1.165) is 29.7 Å². The average Bonchev–Trinajstić information content (AvgIpc) is 2.37. The number of benzene rings is 1. The number of nitrogens with one attached hydrogen (secondary N) is 1. The summed E-state index contributed by atoms with van der Waals surface area (Å²) in [6, 6.07) is 5.91. The Kier molecular flexibility index (Phi) is 3.94. The first kappa shape index (κ1) is 12.6. The zero-order valence-corrected chi connectivity index (χ0v) is 10.7. The SMILES string of the molecule is COCCC(C)Nc1ncnc2ccc(N)cc12. The highest BCUT2D eigenvalue weighted by molar-refractivity contribution is 5.91. The Morgan fingerprint density at radius 1 is 1.39 bits per heavy atom. The molecule has 3 N–H and O–H groups in total. The molecular weight excluding hydrogens is 228 g/mol. The molecule has 0 saturated heterocycles. The van der Waals surface area contributed by atoms with E-state index in [9.17, 15) is 0 Å². The van der Waals surface area contributed by atoms with Crippen LogP contribution >= 0.6 is 0 Å². The lowest BCUT2D eigenvalue weighted by Crippen LogP contribution is -2.18. The second-order valence-electron chi connectivity index (χ2n) is 4.33. The molecule has 0 aliphatic rings. The molecule has 1 atom stereocenters. The van der Waals surface area contributed by atoms with Gasteiger partial charge in [-0.05, 0) is 31.5 Å². The summed E-state index contributed by atoms with van der Waals surface area (Å²) in [5.74, 6) is 0.816. The van der Waals surface area contributed by atoms with Crippen molar-refractivity contribution < 1.29 is 4.74 Å². The van der Waals surface area contributed by atoms with Crippen LogP contribution in [0.5, 0.6) is 0 Å². The molecule has 0 spiro atoms. The fourth-order valence-corrected chi connectivity index (χ4v) is 1.79. The average molecular weight is 246 g/mol. The third-order valence-electron chi connectivity index (χ3n) is 2.80. The summed E-state index contributed by atoms with van der Waals surface area (Å²) in [4.78, 5) is 8.50. The van der Waals surface area contributed by atoms with Crippen molar-refractivity contribution in [1.82, 2.24) is 9.97 Å². The van der Waals surface area contributed by atoms with Gasteiger partial charge in [0.2, 0.25) is 0 Å². The predicted molar refractivity (Wildman–Crippen MR) is 73.5 cm³/mol. The molecule has 0 amide bonds. The van der Waals surface area contributed by atoms with E-state index in [1.807, 2.05) is 18.2 Å². The van der Waals surface area contributed by atoms with Gasteiger partial charge in [0.1, 0.15) is 12.1 Å². The number of aromatic nitrogens is 2. The smallest absolute Gasteiger partial charge is 0.137 e. The highest BCUT2D eigenvalue weighted by Crippen LogP contribution is 2.22. The number of nitrogens with zero attached hydrogens (tertiary/aromatic N) is 2. The minimum Gasteiger partial charge on any atom is -0.399 e. The first-order valence-electron chi connectivity index (χ1n) is 5.96. The number of hydrogen-bond donors (Lipinski definition) is 2. The number of rotatable bonds is 5. The van der Waals surface area contributed by atoms with Gasteiger partial charge in [0, 0.05) is 30.8 Å². The van der Waals surface area contributed by atoms with Crippen molar-refractivity contribution in [3.05, 3.63) is 24.5 Å². The van der Waals surface area contributed by atoms with E-state index in [1.54, 1.807) is 13.4 Å². The van der Waals surface area contributed by atoms with E-state index in [2.05, 4.69) is 22.2 Å². The van der Waals surface area contributed by atoms with E-state index >= 15 is 0 Å². The van der Waals surface area contributed by atoms with Crippen LogP contribution in [0.4, 0.5) is 11.5 Å². The Hall–Kier alpha value is -1.88. The monoisotopic (exact) mass is 246 g/mol. The van der Waals surface area contributed by atoms with E-state index in [0.29, 0.717) is 5.69 Å². The van der Waals surface area contributed by atoms with Gasteiger partial charge in [-0.1, -0.05) is 0 Å². The highest BCUT2D eigenvalue weighted by atomic mass is 16.5. The summed E-state index contributed by atoms with van der Waals surface area (Å²) < 4.78 is 5.06. The summed E-state index contributed by atoms with van der Waals surface area (Å²) >= 11 is 0. The van der Waals surface area contributed by atoms with Crippen LogP contribution in [0.25, 0.3) is 10.9 Å². The zero-order chi connectivity index (χ0) is 13.0. The summed E-state index contributed by atoms with van der Waals surface area (Å²) in [5, 5.41) is 4.31. The molecule has 0 bridgehead atoms. The Bertz CT molecular complexity index is 529. The van der Waals surface area contributed by atoms with E-state index in [-0.39, 0.29) is 6.04 Å². The molecule has 5 heteroatoms. The largest absolute Gasteiger partial charge is 0.399 e. The fraction of sp³-hybridized carbons (Fsp3) is 0.385. The van der Waals surface area contributed by atoms with Crippen LogP contribution in [-0.2, 0) is 4.74 Å². The van der Waals surface area contributed by atoms with Gasteiger partial charge in [-0.15, -0.1) is 0 Å². The zero-order valence-electron chi connectivity index (χ0n) is 10.7. The minimum absolute atomic E-state index is 0.282. The number of methoxy groups -OCH3 is 1. The molecule has 0 radical (unpaired) electrons. The van der Waals surface area contributed by atoms with Crippen LogP contribution < -0.4 is 11.1 Å². The number of hydrogen-bond acceptors (Lipinski definition) is 5. The topological polar surface area (TPSA) is 73.1 Å². The van der Waals surface area contributed by atoms with Crippen molar-refractivity contribution in [3.8, 4) is 0 Å². The third-order valence-corrected chi connectivity index (χ3v) is 2.80. The fourth-order valence-electron chi connectivity index (χ4n) is 1.79. The van der Waals surface area contributed by atoms with Crippen molar-refractivity contribution in [2.24, 2.45) is 0 Å². The lowest BCUT2D eigenvalue weighted by Gasteiger charge is -2.15. The predicted octanol–water partition coefficient (Wildman–Crippen LogP) is 2.05. The Morgan fingerprint density at radius 3 is 3.00 bits per heavy atom. The molecular formula is C13H18N4O. The second kappa shape index (κ2) is 5.64. The first-order valence-corrected chi connectivity index (χ1v) is 5.96. The molecule has 0 saturated carbocycles. The number of nitrogen functional groups attached to an aromatic ring is 1. The van der Waals surface area contributed by atoms with Gasteiger partial charge in [-0.2, -0.15) is 0 Å². The maximum atomic E-state index is 5.80. The van der Waals surface area contributed by atoms with Crippen molar-refractivity contribution in [2.75, 3.05) is 24.8 Å². The van der Waals surface area contributed by atoms with Gasteiger partial charge in [0.25, 0.3) is 0 Å². The van der Waals surface area contributed by atoms with Crippen LogP contribution in [0, 0.1) is 0 Å². The first-order chi connectivity index (χ1) is 8.70. The Labute approximate surface area is 106 Å². The Morgan fingerprint density at radius 2 is 2.22 bits per heavy atom. The van der Waals surface area contributed by atoms with Crippen LogP contribution in [0.2, 0.25) is 0 Å². The molecule has 5 nitrogen and oxygen atoms in total. The second-order valence-corrected chi connectivity index (χ2v) is 4.33. The summed E-state index contributed by atoms with van der Waals surface area (Å²) in [7, 11) is 1.70. The molecule has 0 aliphatic carbocycles. The van der Waals surface area contributed by atoms with Gasteiger partial charge >= 0.3 is 0 Å². The minimum atomic E-state index is 0.282. The van der Waals surface area contributed by atoms with E-state index < -0.39 is 0 Å². The Balaban J connectivity index is 2.24. The molecule has 1 aromatic carbocycles. The number of ether oxygens (including phenoxy) is 1. The summed E-state index contributed by atoms with van der Waals surface area (Å²) in [5.41, 5.74) is 7.40. The molecule has 0 aliphatic heterocycles. The molecule has 0 fully saturated rings. The van der Waals surface area contributed by atoms with E-state index in [1.165, 1.54) is 0 Å². The van der Waals surface area contributed by atoms with Crippen molar-refractivity contribution in [1.29, 1.82) is 0 Å². The molecule has 2 aromatic rings. The lowest BCUT2D eigenvalue weighted by molar-refractivity contribution is 0.191. The quantitative estimate of drug-likeness (QED) is 0.790. The standard InChI is InChI=1S/C13H18N4O/c1-9(5-6-18-2)17-13-11-7-10(14)3-4-12(11)15-8-16-13/h3-4,7-9H,5-6,14H2,1-2H3,(H,15,16,17). The number of fused-ring (bicyclic) bond motifs is 1. The number of nitrogens with two attached hydrogens (primary N) is 1. The van der Waals surface area contributed by atoms with Crippen LogP contribution in [0.15, 0.2) is 24.5 Å². The van der Waals surface area contributed by atoms with Crippen LogP contribution in [-0.4, -0.2) is 29.7 Å². The maximum Gasteiger partial charge on any atom is 0.137 e. The molecule has 2 rings (SSSR count). The van der Waals surface area contributed by atoms with Crippen molar-refractivity contribution in [2.45, 2.75) is 19.4 Å². The number of anilines is 2. The molecule has 1 aromatic heterocycles. The molecule has 1 heterocycles. The van der Waals surface area contributed by atoms with Gasteiger partial charge in [0.05, 0.1) is 5.52 Å². The lowest BCUT2D eigenvalue weighted by atomic mass is 10.2. The molecule has 96 valence electrons. The third kappa shape index (κ3) is 2.87. The van der Waals surface area contributed by atoms with Gasteiger partial charge in [-0.25, -0.2) is 9.97 Å². The van der Waals surface area contributed by atoms with Crippen LogP contribution in [0.3, 0.4) is 0 Å². The van der Waals surface area contributed by atoms with Crippen LogP contribution in [0.1, 0.15) is 13.3 Å². The summed E-state index contributed by atoms with van der Waals surface area (Å²) in [6.45, 7) is 2.82. The van der Waals surface area contributed by atoms with Gasteiger partial charge in [-0.3, -0.25) is 0 Å². The summed E-state index contributed by atoms with van der Waals surface area (Å²) in [6.07, 6.45) is 2.48. The van der Waals surface area contributed by atoms with Crippen molar-refractivity contribution in [3.63, 3.8) is 0 Å².